The molecule has 1 aromatic carbocycles. The third-order valence-corrected chi connectivity index (χ3v) is 9.17. The Morgan fingerprint density at radius 2 is 1.32 bits per heavy atom. The lowest BCUT2D eigenvalue weighted by Crippen LogP contribution is -2.61. The van der Waals surface area contributed by atoms with Crippen molar-refractivity contribution in [2.45, 2.75) is 43.6 Å². The summed E-state index contributed by atoms with van der Waals surface area (Å²) in [5.74, 6) is -10.4. The number of benzene rings is 1. The predicted octanol–water partition coefficient (Wildman–Crippen LogP) is 3.31. The van der Waals surface area contributed by atoms with Crippen LogP contribution in [0.4, 0.5) is 30.7 Å². The van der Waals surface area contributed by atoms with Gasteiger partial charge in [0.25, 0.3) is 0 Å². The van der Waals surface area contributed by atoms with Crippen molar-refractivity contribution in [1.29, 1.82) is 0 Å². The minimum absolute atomic E-state index is 0.357. The van der Waals surface area contributed by atoms with Gasteiger partial charge in [-0.2, -0.15) is 34.8 Å². The van der Waals surface area contributed by atoms with Gasteiger partial charge in [0.2, 0.25) is 0 Å². The molecule has 0 heterocycles. The molecule has 0 fully saturated rings. The van der Waals surface area contributed by atoms with E-state index in [1.54, 1.807) is 20.8 Å². The van der Waals surface area contributed by atoms with E-state index in [4.69, 9.17) is 9.47 Å². The Hall–Kier alpha value is -2.72. The maximum absolute atomic E-state index is 14.2. The monoisotopic (exact) mass is 668 g/mol. The van der Waals surface area contributed by atoms with Crippen molar-refractivity contribution < 1.29 is 79.2 Å². The summed E-state index contributed by atoms with van der Waals surface area (Å²) >= 11 is 0. The van der Waals surface area contributed by atoms with Crippen LogP contribution in [0, 0.1) is 5.41 Å². The minimum atomic E-state index is -7.51. The fraction of sp³-hybridized carbons (Fsp3) is 0.579. The van der Waals surface area contributed by atoms with Gasteiger partial charge in [0.1, 0.15) is 29.0 Å². The predicted molar refractivity (Wildman–Crippen MR) is 123 cm³/mol. The summed E-state index contributed by atoms with van der Waals surface area (Å²) < 4.78 is 179. The topological polar surface area (TPSA) is 178 Å². The Bertz CT molecular complexity index is 1450. The molecule has 0 unspecified atom stereocenters. The van der Waals surface area contributed by atoms with Crippen molar-refractivity contribution in [3.63, 3.8) is 0 Å². The molecule has 0 saturated carbocycles. The number of sulfonamides is 2. The quantitative estimate of drug-likeness (QED) is 0.116. The van der Waals surface area contributed by atoms with Crippen LogP contribution in [0.5, 0.6) is 5.75 Å². The van der Waals surface area contributed by atoms with Gasteiger partial charge in [-0.3, -0.25) is 4.79 Å². The first-order valence-corrected chi connectivity index (χ1v) is 15.1. The van der Waals surface area contributed by atoms with Crippen molar-refractivity contribution >= 4 is 42.1 Å². The molecule has 236 valence electrons. The van der Waals surface area contributed by atoms with Gasteiger partial charge in [-0.05, 0) is 44.5 Å². The Morgan fingerprint density at radius 3 is 1.78 bits per heavy atom. The van der Waals surface area contributed by atoms with Gasteiger partial charge >= 0.3 is 38.5 Å². The molecule has 0 atom stereocenters. The molecule has 0 aliphatic carbocycles. The van der Waals surface area contributed by atoms with E-state index in [0.29, 0.717) is 30.7 Å². The highest BCUT2D eigenvalue weighted by atomic mass is 32.3. The molecule has 0 bridgehead atoms. The van der Waals surface area contributed by atoms with Gasteiger partial charge in [-0.1, -0.05) is 6.92 Å². The number of hydrogen-bond donors (Lipinski definition) is 0. The molecule has 0 N–H and O–H groups in total. The van der Waals surface area contributed by atoms with Crippen LogP contribution < -0.4 is 4.18 Å². The molecule has 12 nitrogen and oxygen atoms in total. The Morgan fingerprint density at radius 1 is 0.829 bits per heavy atom. The highest BCUT2D eigenvalue weighted by Gasteiger charge is 2.81. The number of carbonyl (C=O) groups is 2. The van der Waals surface area contributed by atoms with E-state index >= 15 is 0 Å². The van der Waals surface area contributed by atoms with Crippen molar-refractivity contribution in [3.05, 3.63) is 34.0 Å². The maximum Gasteiger partial charge on any atom is 0.450 e. The molecule has 0 saturated heterocycles. The van der Waals surface area contributed by atoms with Gasteiger partial charge < -0.3 is 17.8 Å². The molecule has 0 aliphatic heterocycles. The first kappa shape index (κ1) is 36.3. The van der Waals surface area contributed by atoms with Crippen LogP contribution in [-0.4, -0.2) is 72.8 Å². The second-order valence-electron chi connectivity index (χ2n) is 8.42. The van der Waals surface area contributed by atoms with Crippen molar-refractivity contribution in [2.24, 2.45) is 5.41 Å². The summed E-state index contributed by atoms with van der Waals surface area (Å²) in [7, 11) is -20.7. The summed E-state index contributed by atoms with van der Waals surface area (Å²) in [6, 6.07) is -0.640. The summed E-state index contributed by atoms with van der Waals surface area (Å²) in [4.78, 5) is 23.8. The fourth-order valence-electron chi connectivity index (χ4n) is 2.22. The largest absolute Gasteiger partial charge is 0.462 e. The van der Waals surface area contributed by atoms with E-state index < -0.39 is 87.9 Å². The third kappa shape index (κ3) is 7.77. The zero-order valence-corrected chi connectivity index (χ0v) is 23.4. The van der Waals surface area contributed by atoms with Gasteiger partial charge in [0.05, 0.1) is 11.0 Å². The van der Waals surface area contributed by atoms with Crippen molar-refractivity contribution in [2.75, 3.05) is 19.2 Å². The number of alkyl halides is 7. The van der Waals surface area contributed by atoms with Gasteiger partial charge in [0.15, 0.2) is 16.0 Å². The van der Waals surface area contributed by atoms with E-state index in [-0.39, 0.29) is 6.61 Å². The number of nitrogens with zero attached hydrogens (tertiary/aromatic N) is 1. The summed E-state index contributed by atoms with van der Waals surface area (Å²) in [5, 5.41) is -14.3. The second-order valence-corrected chi connectivity index (χ2v) is 13.4. The Kier molecular flexibility index (Phi) is 10.9. The zero-order chi connectivity index (χ0) is 32.3. The Balaban J connectivity index is 3.05. The average molecular weight is 669 g/mol. The van der Waals surface area contributed by atoms with Gasteiger partial charge in [-0.25, -0.2) is 26.0 Å². The summed E-state index contributed by atoms with van der Waals surface area (Å²) in [6.07, 6.45) is 0.446. The van der Waals surface area contributed by atoms with E-state index in [0.717, 1.165) is 4.13 Å². The number of ether oxygens (including phenoxy) is 2. The lowest BCUT2D eigenvalue weighted by Gasteiger charge is -2.34. The van der Waals surface area contributed by atoms with Crippen LogP contribution in [0.3, 0.4) is 0 Å². The molecule has 0 spiro atoms. The highest BCUT2D eigenvalue weighted by molar-refractivity contribution is 8.12. The molecule has 0 aliphatic rings. The zero-order valence-electron chi connectivity index (χ0n) is 20.9. The maximum atomic E-state index is 14.2. The van der Waals surface area contributed by atoms with Crippen LogP contribution in [0.25, 0.3) is 4.13 Å². The second kappa shape index (κ2) is 12.3. The lowest BCUT2D eigenvalue weighted by molar-refractivity contribution is -0.245. The third-order valence-electron chi connectivity index (χ3n) is 5.00. The van der Waals surface area contributed by atoms with Crippen LogP contribution in [-0.2, 0) is 44.4 Å². The Labute approximate surface area is 229 Å². The normalized spacial score (nSPS) is 13.9. The minimum Gasteiger partial charge on any atom is -0.462 e. The van der Waals surface area contributed by atoms with E-state index in [2.05, 4.69) is 4.18 Å². The van der Waals surface area contributed by atoms with Crippen molar-refractivity contribution in [3.8, 4) is 5.75 Å². The van der Waals surface area contributed by atoms with Gasteiger partial charge in [-0.15, -0.1) is 0 Å². The summed E-state index contributed by atoms with van der Waals surface area (Å²) in [5.41, 5.74) is -1.21. The number of hydrogen-bond acceptors (Lipinski definition) is 11. The van der Waals surface area contributed by atoms with Crippen LogP contribution in [0.2, 0.25) is 0 Å². The van der Waals surface area contributed by atoms with E-state index in [1.807, 2.05) is 0 Å². The van der Waals surface area contributed by atoms with E-state index in [9.17, 15) is 65.6 Å². The van der Waals surface area contributed by atoms with E-state index in [1.165, 1.54) is 0 Å². The molecule has 0 aromatic heterocycles. The molecule has 0 amide bonds. The highest BCUT2D eigenvalue weighted by Crippen LogP contribution is 2.52. The van der Waals surface area contributed by atoms with Crippen molar-refractivity contribution in [1.82, 2.24) is 0 Å². The summed E-state index contributed by atoms with van der Waals surface area (Å²) in [6.45, 7) is 4.13. The first-order chi connectivity index (χ1) is 18.3. The molecule has 1 rings (SSSR count). The van der Waals surface area contributed by atoms with Crippen LogP contribution in [0.15, 0.2) is 24.3 Å². The first-order valence-electron chi connectivity index (χ1n) is 10.6. The van der Waals surface area contributed by atoms with Crippen LogP contribution in [0.1, 0.15) is 37.6 Å². The molecule has 0 radical (unpaired) electrons. The average Bonchev–Trinajstić information content (AvgIpc) is 2.85. The number of halogens is 7. The lowest BCUT2D eigenvalue weighted by atomic mass is 9.91. The fourth-order valence-corrected chi connectivity index (χ4v) is 5.38. The SMILES string of the molecule is CCC(C)(C)C(=O)OCCOC(=O)c1ccc(OS(=O)(=O)C(F)(F)C(F)(F)C(F)(F)S(=O)(=O)[N-]S(=O)(=O)CF)cc1. The smallest absolute Gasteiger partial charge is 0.450 e. The number of esters is 2. The number of carbonyl (C=O) groups excluding carboxylic acids is 2. The van der Waals surface area contributed by atoms with Gasteiger partial charge in [0, 0.05) is 0 Å². The molecule has 41 heavy (non-hydrogen) atoms. The number of rotatable bonds is 15. The molecule has 1 aromatic rings. The van der Waals surface area contributed by atoms with Crippen LogP contribution >= 0.6 is 0 Å². The molecular formula is C19H21F7NO11S3-. The molecular weight excluding hydrogens is 647 g/mol. The molecule has 22 heteroatoms. The standard InChI is InChI=1S/C19H21F7NO11S3/c1-4-16(2,3)15(29)37-10-9-36-14(28)12-5-7-13(8-6-12)38-41(34,35)19(25,26)17(21,22)18(23,24)40(32,33)27-39(30,31)11-20/h5-8H,4,9-11H2,1-3H3/q-1.